The number of nitrogens with zero attached hydrogens (tertiary/aromatic N) is 4. The first-order valence-corrected chi connectivity index (χ1v) is 11.6. The summed E-state index contributed by atoms with van der Waals surface area (Å²) < 4.78 is 5.39. The van der Waals surface area contributed by atoms with Crippen LogP contribution in [0.3, 0.4) is 0 Å². The average molecular weight is 417 g/mol. The Morgan fingerprint density at radius 1 is 0.833 bits per heavy atom. The smallest absolute Gasteiger partial charge is 0.191 e. The molecule has 2 fully saturated rings. The summed E-state index contributed by atoms with van der Waals surface area (Å²) in [5.41, 5.74) is 1.42. The number of morpholine rings is 1. The fourth-order valence-corrected chi connectivity index (χ4v) is 4.06. The molecule has 0 aromatic heterocycles. The van der Waals surface area contributed by atoms with E-state index < -0.39 is 0 Å². The molecule has 2 N–H and O–H groups in total. The number of benzene rings is 1. The summed E-state index contributed by atoms with van der Waals surface area (Å²) in [7, 11) is 1.85. The number of rotatable bonds is 10. The van der Waals surface area contributed by atoms with Crippen LogP contribution in [0.25, 0.3) is 0 Å². The maximum absolute atomic E-state index is 5.39. The van der Waals surface area contributed by atoms with Gasteiger partial charge in [-0.3, -0.25) is 14.8 Å². The third-order valence-corrected chi connectivity index (χ3v) is 5.96. The molecular formula is C23H40N6O. The van der Waals surface area contributed by atoms with Gasteiger partial charge in [0, 0.05) is 72.5 Å². The second kappa shape index (κ2) is 13.6. The zero-order chi connectivity index (χ0) is 20.9. The van der Waals surface area contributed by atoms with Crippen LogP contribution in [0, 0.1) is 0 Å². The number of ether oxygens (including phenoxy) is 1. The standard InChI is InChI=1S/C23H40N6O/c1-24-23(26-10-12-28-17-19-30-20-18-28)25-9-5-6-11-27-13-15-29(16-14-27)21-22-7-3-2-4-8-22/h2-4,7-8H,5-6,9-21H2,1H3,(H2,24,25,26). The quantitative estimate of drug-likeness (QED) is 0.338. The third kappa shape index (κ3) is 8.60. The van der Waals surface area contributed by atoms with E-state index in [0.717, 1.165) is 58.4 Å². The molecule has 0 spiro atoms. The van der Waals surface area contributed by atoms with Gasteiger partial charge in [0.15, 0.2) is 5.96 Å². The highest BCUT2D eigenvalue weighted by atomic mass is 16.5. The van der Waals surface area contributed by atoms with Gasteiger partial charge in [0.25, 0.3) is 0 Å². The van der Waals surface area contributed by atoms with Gasteiger partial charge in [-0.05, 0) is 24.9 Å². The van der Waals surface area contributed by atoms with Crippen LogP contribution in [0.4, 0.5) is 0 Å². The first-order chi connectivity index (χ1) is 14.8. The maximum Gasteiger partial charge on any atom is 0.191 e. The van der Waals surface area contributed by atoms with Crippen molar-refractivity contribution in [2.75, 3.05) is 85.7 Å². The number of unbranched alkanes of at least 4 members (excludes halogenated alkanes) is 1. The molecule has 7 heteroatoms. The van der Waals surface area contributed by atoms with Crippen molar-refractivity contribution in [3.8, 4) is 0 Å². The average Bonchev–Trinajstić information content (AvgIpc) is 2.80. The van der Waals surface area contributed by atoms with Crippen molar-refractivity contribution < 1.29 is 4.74 Å². The molecule has 1 aromatic rings. The molecule has 0 unspecified atom stereocenters. The number of nitrogens with one attached hydrogen (secondary N) is 2. The van der Waals surface area contributed by atoms with Crippen LogP contribution in [0.15, 0.2) is 35.3 Å². The van der Waals surface area contributed by atoms with Gasteiger partial charge in [0.2, 0.25) is 0 Å². The van der Waals surface area contributed by atoms with Gasteiger partial charge in [0.05, 0.1) is 13.2 Å². The molecule has 7 nitrogen and oxygen atoms in total. The fourth-order valence-electron chi connectivity index (χ4n) is 4.06. The summed E-state index contributed by atoms with van der Waals surface area (Å²) in [6.07, 6.45) is 2.41. The van der Waals surface area contributed by atoms with Gasteiger partial charge in [-0.25, -0.2) is 0 Å². The normalized spacial score (nSPS) is 19.7. The molecule has 168 valence electrons. The molecule has 3 rings (SSSR count). The summed E-state index contributed by atoms with van der Waals surface area (Å²) in [4.78, 5) is 11.9. The van der Waals surface area contributed by atoms with Crippen LogP contribution in [-0.2, 0) is 11.3 Å². The van der Waals surface area contributed by atoms with E-state index in [9.17, 15) is 0 Å². The van der Waals surface area contributed by atoms with E-state index in [4.69, 9.17) is 4.74 Å². The molecule has 2 aliphatic heterocycles. The van der Waals surface area contributed by atoms with Crippen molar-refractivity contribution >= 4 is 5.96 Å². The molecule has 0 saturated carbocycles. The highest BCUT2D eigenvalue weighted by Crippen LogP contribution is 2.09. The SMILES string of the molecule is CN=C(NCCCCN1CCN(Cc2ccccc2)CC1)NCCN1CCOCC1. The first-order valence-electron chi connectivity index (χ1n) is 11.6. The van der Waals surface area contributed by atoms with E-state index in [1.807, 2.05) is 7.05 Å². The van der Waals surface area contributed by atoms with Gasteiger partial charge in [-0.15, -0.1) is 0 Å². The Labute approximate surface area is 182 Å². The second-order valence-electron chi connectivity index (χ2n) is 8.19. The first kappa shape index (κ1) is 23.0. The molecule has 2 saturated heterocycles. The van der Waals surface area contributed by atoms with Gasteiger partial charge in [-0.2, -0.15) is 0 Å². The second-order valence-corrected chi connectivity index (χ2v) is 8.19. The van der Waals surface area contributed by atoms with E-state index >= 15 is 0 Å². The van der Waals surface area contributed by atoms with Crippen LogP contribution >= 0.6 is 0 Å². The topological polar surface area (TPSA) is 55.4 Å². The van der Waals surface area contributed by atoms with Crippen LogP contribution in [-0.4, -0.2) is 106 Å². The Morgan fingerprint density at radius 2 is 1.50 bits per heavy atom. The summed E-state index contributed by atoms with van der Waals surface area (Å²) in [6, 6.07) is 10.8. The Bertz CT molecular complexity index is 597. The highest BCUT2D eigenvalue weighted by molar-refractivity contribution is 5.79. The van der Waals surface area contributed by atoms with Gasteiger partial charge in [-0.1, -0.05) is 30.3 Å². The number of guanidine groups is 1. The van der Waals surface area contributed by atoms with Crippen LogP contribution < -0.4 is 10.6 Å². The summed E-state index contributed by atoms with van der Waals surface area (Å²) >= 11 is 0. The van der Waals surface area contributed by atoms with Crippen molar-refractivity contribution in [3.63, 3.8) is 0 Å². The largest absolute Gasteiger partial charge is 0.379 e. The van der Waals surface area contributed by atoms with Gasteiger partial charge >= 0.3 is 0 Å². The molecule has 0 bridgehead atoms. The van der Waals surface area contributed by atoms with E-state index in [-0.39, 0.29) is 0 Å². The lowest BCUT2D eigenvalue weighted by Gasteiger charge is -2.34. The van der Waals surface area contributed by atoms with E-state index in [2.05, 4.69) is 60.7 Å². The third-order valence-electron chi connectivity index (χ3n) is 5.96. The monoisotopic (exact) mass is 416 g/mol. The lowest BCUT2D eigenvalue weighted by atomic mass is 10.2. The highest BCUT2D eigenvalue weighted by Gasteiger charge is 2.16. The molecule has 1 aromatic carbocycles. The summed E-state index contributed by atoms with van der Waals surface area (Å²) in [5.74, 6) is 0.915. The zero-order valence-electron chi connectivity index (χ0n) is 18.7. The molecule has 2 heterocycles. The Hall–Kier alpha value is -1.67. The van der Waals surface area contributed by atoms with Crippen molar-refractivity contribution in [2.24, 2.45) is 4.99 Å². The molecular weight excluding hydrogens is 376 g/mol. The summed E-state index contributed by atoms with van der Waals surface area (Å²) in [6.45, 7) is 13.7. The lowest BCUT2D eigenvalue weighted by Crippen LogP contribution is -2.46. The number of hydrogen-bond acceptors (Lipinski definition) is 5. The molecule has 0 atom stereocenters. The molecule has 0 amide bonds. The van der Waals surface area contributed by atoms with Gasteiger partial charge in [0.1, 0.15) is 0 Å². The number of hydrogen-bond donors (Lipinski definition) is 2. The number of aliphatic imine (C=N–C) groups is 1. The molecule has 0 radical (unpaired) electrons. The van der Waals surface area contributed by atoms with Crippen molar-refractivity contribution in [1.82, 2.24) is 25.3 Å². The Kier molecular flexibility index (Phi) is 10.4. The predicted octanol–water partition coefficient (Wildman–Crippen LogP) is 1.08. The van der Waals surface area contributed by atoms with E-state index in [0.29, 0.717) is 0 Å². The van der Waals surface area contributed by atoms with Crippen LogP contribution in [0.1, 0.15) is 18.4 Å². The van der Waals surface area contributed by atoms with Crippen LogP contribution in [0.5, 0.6) is 0 Å². The van der Waals surface area contributed by atoms with Crippen molar-refractivity contribution in [2.45, 2.75) is 19.4 Å². The van der Waals surface area contributed by atoms with E-state index in [1.54, 1.807) is 0 Å². The van der Waals surface area contributed by atoms with Crippen molar-refractivity contribution in [1.29, 1.82) is 0 Å². The Balaban J connectivity index is 1.19. The number of piperazine rings is 1. The minimum absolute atomic E-state index is 0.856. The zero-order valence-corrected chi connectivity index (χ0v) is 18.7. The fraction of sp³-hybridized carbons (Fsp3) is 0.696. The predicted molar refractivity (Wildman–Crippen MR) is 124 cm³/mol. The lowest BCUT2D eigenvalue weighted by molar-refractivity contribution is 0.0389. The molecule has 0 aliphatic carbocycles. The minimum atomic E-state index is 0.856. The molecule has 30 heavy (non-hydrogen) atoms. The van der Waals surface area contributed by atoms with Crippen LogP contribution in [0.2, 0.25) is 0 Å². The van der Waals surface area contributed by atoms with Gasteiger partial charge < -0.3 is 20.3 Å². The summed E-state index contributed by atoms with van der Waals surface area (Å²) in [5, 5.41) is 6.87. The Morgan fingerprint density at radius 3 is 2.23 bits per heavy atom. The minimum Gasteiger partial charge on any atom is -0.379 e. The molecule has 2 aliphatic rings. The van der Waals surface area contributed by atoms with Crippen molar-refractivity contribution in [3.05, 3.63) is 35.9 Å². The maximum atomic E-state index is 5.39. The van der Waals surface area contributed by atoms with E-state index in [1.165, 1.54) is 51.1 Å².